The molecule has 2 aliphatic rings. The average Bonchev–Trinajstić information content (AvgIpc) is 2.95. The van der Waals surface area contributed by atoms with E-state index in [2.05, 4.69) is 10.6 Å². The highest BCUT2D eigenvalue weighted by atomic mass is 35.5. The standard InChI is InChI=1S/C31H52ClN3O4/c1-3-39-20-17-33-23-29(21-25-11-5-4-6-12-25)34-30(36)35-18-10-14-27(24-35)31(37,16-7-8-19-38-2)26-13-9-15-28(32)22-26/h9,13,15,22,25,27,29,33,37H,3-8,10-12,14,16-21,23-24H2,1-2H3,(H,34,36)/t27-,29?,31-/m1/s1. The molecule has 0 aromatic heterocycles. The van der Waals surface area contributed by atoms with Crippen LogP contribution in [0.3, 0.4) is 0 Å². The van der Waals surface area contributed by atoms with E-state index >= 15 is 0 Å². The van der Waals surface area contributed by atoms with Gasteiger partial charge in [-0.3, -0.25) is 0 Å². The third kappa shape index (κ3) is 10.5. The molecule has 1 aliphatic carbocycles. The smallest absolute Gasteiger partial charge is 0.317 e. The Hall–Kier alpha value is -1.38. The van der Waals surface area contributed by atoms with Gasteiger partial charge >= 0.3 is 6.03 Å². The van der Waals surface area contributed by atoms with Crippen molar-refractivity contribution < 1.29 is 19.4 Å². The van der Waals surface area contributed by atoms with Gasteiger partial charge in [-0.1, -0.05) is 55.8 Å². The lowest BCUT2D eigenvalue weighted by Crippen LogP contribution is -2.54. The third-order valence-electron chi connectivity index (χ3n) is 8.55. The van der Waals surface area contributed by atoms with Crippen molar-refractivity contribution in [2.75, 3.05) is 53.1 Å². The largest absolute Gasteiger partial charge is 0.385 e. The first-order chi connectivity index (χ1) is 19.0. The fraction of sp³-hybridized carbons (Fsp3) is 0.774. The molecule has 2 fully saturated rings. The number of benzene rings is 1. The molecule has 7 nitrogen and oxygen atoms in total. The Morgan fingerprint density at radius 1 is 1.18 bits per heavy atom. The Morgan fingerprint density at radius 3 is 2.74 bits per heavy atom. The van der Waals surface area contributed by atoms with Crippen molar-refractivity contribution >= 4 is 17.6 Å². The zero-order chi connectivity index (χ0) is 27.9. The number of carbonyl (C=O) groups excluding carboxylic acids is 1. The molecule has 3 atom stereocenters. The minimum Gasteiger partial charge on any atom is -0.385 e. The number of piperidine rings is 1. The molecule has 39 heavy (non-hydrogen) atoms. The van der Waals surface area contributed by atoms with Gasteiger partial charge in [0, 0.05) is 63.5 Å². The number of amides is 2. The summed E-state index contributed by atoms with van der Waals surface area (Å²) >= 11 is 6.34. The van der Waals surface area contributed by atoms with Crippen LogP contribution in [0.25, 0.3) is 0 Å². The first-order valence-corrected chi connectivity index (χ1v) is 15.6. The van der Waals surface area contributed by atoms with E-state index < -0.39 is 5.60 Å². The first kappa shape index (κ1) is 32.1. The molecule has 0 bridgehead atoms. The van der Waals surface area contributed by atoms with Crippen LogP contribution in [-0.4, -0.2) is 75.2 Å². The number of likely N-dealkylation sites (tertiary alicyclic amines) is 1. The highest BCUT2D eigenvalue weighted by molar-refractivity contribution is 6.30. The van der Waals surface area contributed by atoms with Crippen LogP contribution in [0.4, 0.5) is 4.79 Å². The van der Waals surface area contributed by atoms with Gasteiger partial charge in [-0.15, -0.1) is 0 Å². The average molecular weight is 566 g/mol. The van der Waals surface area contributed by atoms with Gasteiger partial charge in [-0.2, -0.15) is 0 Å². The molecule has 1 aromatic rings. The SMILES string of the molecule is CCOCCNCC(CC1CCCCC1)NC(=O)N1CCC[C@@H]([C@@](O)(CCCCOC)c2cccc(Cl)c2)C1. The Balaban J connectivity index is 1.66. The minimum atomic E-state index is -1.04. The zero-order valence-electron chi connectivity index (χ0n) is 24.3. The van der Waals surface area contributed by atoms with Crippen molar-refractivity contribution in [2.24, 2.45) is 11.8 Å². The van der Waals surface area contributed by atoms with Gasteiger partial charge in [0.15, 0.2) is 0 Å². The number of methoxy groups -OCH3 is 1. The summed E-state index contributed by atoms with van der Waals surface area (Å²) < 4.78 is 10.7. The summed E-state index contributed by atoms with van der Waals surface area (Å²) in [7, 11) is 1.71. The van der Waals surface area contributed by atoms with Crippen LogP contribution in [0.1, 0.15) is 83.1 Å². The van der Waals surface area contributed by atoms with E-state index in [0.717, 1.165) is 50.8 Å². The monoisotopic (exact) mass is 565 g/mol. The number of aliphatic hydroxyl groups is 1. The molecule has 0 radical (unpaired) electrons. The fourth-order valence-electron chi connectivity index (χ4n) is 6.38. The highest BCUT2D eigenvalue weighted by Gasteiger charge is 2.41. The normalized spacial score (nSPS) is 20.9. The van der Waals surface area contributed by atoms with Crippen LogP contribution < -0.4 is 10.6 Å². The second kappa shape index (κ2) is 17.4. The minimum absolute atomic E-state index is 0.0139. The van der Waals surface area contributed by atoms with Crippen molar-refractivity contribution in [3.05, 3.63) is 34.9 Å². The van der Waals surface area contributed by atoms with Gasteiger partial charge in [0.1, 0.15) is 0 Å². The van der Waals surface area contributed by atoms with Crippen LogP contribution in [0.2, 0.25) is 5.02 Å². The van der Waals surface area contributed by atoms with E-state index in [1.807, 2.05) is 36.1 Å². The summed E-state index contributed by atoms with van der Waals surface area (Å²) in [5.74, 6) is 0.617. The number of hydrogen-bond donors (Lipinski definition) is 3. The third-order valence-corrected chi connectivity index (χ3v) is 8.79. The van der Waals surface area contributed by atoms with Gasteiger partial charge < -0.3 is 30.1 Å². The number of hydrogen-bond acceptors (Lipinski definition) is 5. The van der Waals surface area contributed by atoms with Gasteiger partial charge in [-0.05, 0) is 69.1 Å². The highest BCUT2D eigenvalue weighted by Crippen LogP contribution is 2.40. The second-order valence-corrected chi connectivity index (χ2v) is 11.9. The molecule has 1 heterocycles. The number of nitrogens with zero attached hydrogens (tertiary/aromatic N) is 1. The van der Waals surface area contributed by atoms with Crippen LogP contribution in [0, 0.1) is 11.8 Å². The maximum atomic E-state index is 13.6. The summed E-state index contributed by atoms with van der Waals surface area (Å²) in [6.45, 7) is 6.86. The Morgan fingerprint density at radius 2 is 2.00 bits per heavy atom. The number of ether oxygens (including phenoxy) is 2. The Bertz CT molecular complexity index is 838. The Labute approximate surface area is 241 Å². The van der Waals surface area contributed by atoms with Crippen molar-refractivity contribution in [2.45, 2.75) is 89.2 Å². The number of urea groups is 1. The van der Waals surface area contributed by atoms with E-state index in [9.17, 15) is 9.90 Å². The molecular formula is C31H52ClN3O4. The molecule has 1 saturated heterocycles. The van der Waals surface area contributed by atoms with E-state index in [1.54, 1.807) is 7.11 Å². The number of halogens is 1. The topological polar surface area (TPSA) is 83.1 Å². The van der Waals surface area contributed by atoms with E-state index in [-0.39, 0.29) is 18.0 Å². The summed E-state index contributed by atoms with van der Waals surface area (Å²) in [5.41, 5.74) is -0.201. The van der Waals surface area contributed by atoms with Gasteiger partial charge in [0.25, 0.3) is 0 Å². The van der Waals surface area contributed by atoms with Gasteiger partial charge in [-0.25, -0.2) is 4.79 Å². The molecule has 1 aromatic carbocycles. The first-order valence-electron chi connectivity index (χ1n) is 15.3. The number of unbranched alkanes of at least 4 members (excludes halogenated alkanes) is 1. The van der Waals surface area contributed by atoms with E-state index in [0.29, 0.717) is 50.3 Å². The summed E-state index contributed by atoms with van der Waals surface area (Å²) in [4.78, 5) is 15.5. The van der Waals surface area contributed by atoms with E-state index in [4.69, 9.17) is 21.1 Å². The number of nitrogens with one attached hydrogen (secondary N) is 2. The molecule has 0 spiro atoms. The summed E-state index contributed by atoms with van der Waals surface area (Å²) in [5, 5.41) is 19.6. The molecule has 2 amide bonds. The molecule has 1 unspecified atom stereocenters. The second-order valence-electron chi connectivity index (χ2n) is 11.5. The zero-order valence-corrected chi connectivity index (χ0v) is 25.0. The maximum Gasteiger partial charge on any atom is 0.317 e. The van der Waals surface area contributed by atoms with Crippen molar-refractivity contribution in [1.82, 2.24) is 15.5 Å². The molecule has 222 valence electrons. The fourth-order valence-corrected chi connectivity index (χ4v) is 6.57. The van der Waals surface area contributed by atoms with Crippen molar-refractivity contribution in [3.63, 3.8) is 0 Å². The Kier molecular flexibility index (Phi) is 14.4. The summed E-state index contributed by atoms with van der Waals surface area (Å²) in [6.07, 6.45) is 11.5. The van der Waals surface area contributed by atoms with Gasteiger partial charge in [0.2, 0.25) is 0 Å². The molecule has 1 saturated carbocycles. The summed E-state index contributed by atoms with van der Waals surface area (Å²) in [6, 6.07) is 7.66. The lowest BCUT2D eigenvalue weighted by Gasteiger charge is -2.43. The lowest BCUT2D eigenvalue weighted by atomic mass is 9.74. The maximum absolute atomic E-state index is 13.6. The predicted molar refractivity (Wildman–Crippen MR) is 158 cm³/mol. The van der Waals surface area contributed by atoms with Crippen molar-refractivity contribution in [3.8, 4) is 0 Å². The van der Waals surface area contributed by atoms with Crippen LogP contribution in [-0.2, 0) is 15.1 Å². The van der Waals surface area contributed by atoms with Gasteiger partial charge in [0.05, 0.1) is 12.2 Å². The molecule has 1 aliphatic heterocycles. The predicted octanol–water partition coefficient (Wildman–Crippen LogP) is 5.73. The molecule has 8 heteroatoms. The van der Waals surface area contributed by atoms with Crippen LogP contribution in [0.15, 0.2) is 24.3 Å². The molecule has 3 N–H and O–H groups in total. The van der Waals surface area contributed by atoms with Crippen LogP contribution in [0.5, 0.6) is 0 Å². The number of rotatable bonds is 16. The molecular weight excluding hydrogens is 514 g/mol. The quantitative estimate of drug-likeness (QED) is 0.223. The lowest BCUT2D eigenvalue weighted by molar-refractivity contribution is -0.0564. The molecule has 3 rings (SSSR count). The number of carbonyl (C=O) groups is 1. The van der Waals surface area contributed by atoms with E-state index in [1.165, 1.54) is 32.1 Å². The van der Waals surface area contributed by atoms with Crippen molar-refractivity contribution in [1.29, 1.82) is 0 Å². The van der Waals surface area contributed by atoms with Crippen LogP contribution >= 0.6 is 11.6 Å².